The van der Waals surface area contributed by atoms with E-state index in [0.717, 1.165) is 23.7 Å². The number of hydrogen-bond donors (Lipinski definition) is 1. The molecule has 108 valence electrons. The van der Waals surface area contributed by atoms with Crippen LogP contribution >= 0.6 is 15.9 Å². The molecule has 0 aliphatic carbocycles. The smallest absolute Gasteiger partial charge is 0.0624 e. The highest BCUT2D eigenvalue weighted by atomic mass is 79.9. The Balaban J connectivity index is 2.06. The molecule has 1 heterocycles. The van der Waals surface area contributed by atoms with E-state index in [4.69, 9.17) is 0 Å². The molecule has 20 heavy (non-hydrogen) atoms. The summed E-state index contributed by atoms with van der Waals surface area (Å²) in [6, 6.07) is 11.1. The monoisotopic (exact) mass is 335 g/mol. The van der Waals surface area contributed by atoms with Crippen molar-refractivity contribution in [1.29, 1.82) is 0 Å². The molecule has 0 radical (unpaired) electrons. The van der Waals surface area contributed by atoms with E-state index >= 15 is 0 Å². The first-order valence-electron chi connectivity index (χ1n) is 7.06. The third-order valence-corrected chi connectivity index (χ3v) is 4.12. The van der Waals surface area contributed by atoms with E-state index in [1.54, 1.807) is 0 Å². The van der Waals surface area contributed by atoms with E-state index in [1.807, 2.05) is 18.8 Å². The summed E-state index contributed by atoms with van der Waals surface area (Å²) in [7, 11) is 4.06. The maximum atomic E-state index is 4.52. The van der Waals surface area contributed by atoms with E-state index in [1.165, 1.54) is 17.0 Å². The Labute approximate surface area is 129 Å². The average Bonchev–Trinajstić information content (AvgIpc) is 2.78. The lowest BCUT2D eigenvalue weighted by molar-refractivity contribution is 0.533. The minimum Gasteiger partial charge on any atom is -0.316 e. The number of nitrogens with one attached hydrogen (secondary N) is 1. The molecule has 4 heteroatoms. The number of likely N-dealkylation sites (N-methyl/N-ethyl adjacent to an activating group) is 1. The maximum absolute atomic E-state index is 4.52. The molecule has 2 rings (SSSR count). The van der Waals surface area contributed by atoms with Gasteiger partial charge in [-0.2, -0.15) is 5.10 Å². The number of aromatic nitrogens is 2. The number of rotatable bonds is 6. The summed E-state index contributed by atoms with van der Waals surface area (Å²) in [4.78, 5) is 0. The summed E-state index contributed by atoms with van der Waals surface area (Å²) in [6.07, 6.45) is 3.00. The predicted octanol–water partition coefficient (Wildman–Crippen LogP) is 3.12. The van der Waals surface area contributed by atoms with Gasteiger partial charge < -0.3 is 5.32 Å². The minimum atomic E-state index is 0.421. The molecule has 0 fully saturated rings. The quantitative estimate of drug-likeness (QED) is 0.878. The van der Waals surface area contributed by atoms with Gasteiger partial charge in [0, 0.05) is 29.7 Å². The lowest BCUT2D eigenvalue weighted by atomic mass is 10.0. The van der Waals surface area contributed by atoms with Crippen LogP contribution in [0.1, 0.15) is 23.9 Å². The molecule has 0 amide bonds. The van der Waals surface area contributed by atoms with E-state index in [0.29, 0.717) is 6.04 Å². The fourth-order valence-corrected chi connectivity index (χ4v) is 2.86. The zero-order chi connectivity index (χ0) is 14.5. The Kier molecular flexibility index (Phi) is 5.38. The van der Waals surface area contributed by atoms with Crippen molar-refractivity contribution in [3.63, 3.8) is 0 Å². The number of nitrogens with zero attached hydrogens (tertiary/aromatic N) is 2. The summed E-state index contributed by atoms with van der Waals surface area (Å²) < 4.78 is 3.14. The largest absolute Gasteiger partial charge is 0.316 e. The number of benzene rings is 1. The Bertz CT molecular complexity index is 563. The second kappa shape index (κ2) is 7.04. The molecule has 0 aliphatic rings. The van der Waals surface area contributed by atoms with Crippen LogP contribution in [0.5, 0.6) is 0 Å². The highest BCUT2D eigenvalue weighted by Crippen LogP contribution is 2.15. The van der Waals surface area contributed by atoms with Crippen LogP contribution in [0.15, 0.2) is 34.8 Å². The van der Waals surface area contributed by atoms with Gasteiger partial charge in [0.1, 0.15) is 0 Å². The van der Waals surface area contributed by atoms with E-state index in [9.17, 15) is 0 Å². The van der Waals surface area contributed by atoms with Gasteiger partial charge in [-0.3, -0.25) is 4.68 Å². The van der Waals surface area contributed by atoms with Gasteiger partial charge in [0.25, 0.3) is 0 Å². The van der Waals surface area contributed by atoms with Gasteiger partial charge in [-0.25, -0.2) is 0 Å². The first-order chi connectivity index (χ1) is 9.62. The standard InChI is InChI=1S/C16H22BrN3/c1-4-14-10-16(20(3)19-14)11-15(18-2)9-12-6-5-7-13(17)8-12/h5-8,10,15,18H,4,9,11H2,1-3H3. The summed E-state index contributed by atoms with van der Waals surface area (Å²) >= 11 is 3.53. The van der Waals surface area contributed by atoms with Crippen LogP contribution in [-0.4, -0.2) is 22.9 Å². The van der Waals surface area contributed by atoms with Crippen molar-refractivity contribution >= 4 is 15.9 Å². The average molecular weight is 336 g/mol. The third-order valence-electron chi connectivity index (χ3n) is 3.62. The van der Waals surface area contributed by atoms with Gasteiger partial charge in [-0.1, -0.05) is 35.0 Å². The van der Waals surface area contributed by atoms with Crippen molar-refractivity contribution in [3.8, 4) is 0 Å². The molecule has 1 unspecified atom stereocenters. The highest BCUT2D eigenvalue weighted by Gasteiger charge is 2.12. The van der Waals surface area contributed by atoms with Crippen LogP contribution in [-0.2, 0) is 26.3 Å². The fourth-order valence-electron chi connectivity index (χ4n) is 2.41. The van der Waals surface area contributed by atoms with Gasteiger partial charge in [-0.05, 0) is 43.7 Å². The summed E-state index contributed by atoms with van der Waals surface area (Å²) in [5.74, 6) is 0. The molecule has 1 N–H and O–H groups in total. The molecule has 0 saturated carbocycles. The van der Waals surface area contributed by atoms with Gasteiger partial charge in [0.15, 0.2) is 0 Å². The second-order valence-corrected chi connectivity index (χ2v) is 6.04. The molecular formula is C16H22BrN3. The zero-order valence-electron chi connectivity index (χ0n) is 12.4. The van der Waals surface area contributed by atoms with Crippen molar-refractivity contribution in [2.24, 2.45) is 7.05 Å². The molecular weight excluding hydrogens is 314 g/mol. The summed E-state index contributed by atoms with van der Waals surface area (Å²) in [5.41, 5.74) is 3.80. The molecule has 2 aromatic rings. The van der Waals surface area contributed by atoms with Crippen molar-refractivity contribution < 1.29 is 0 Å². The fraction of sp³-hybridized carbons (Fsp3) is 0.438. The molecule has 1 aromatic heterocycles. The van der Waals surface area contributed by atoms with Gasteiger partial charge >= 0.3 is 0 Å². The van der Waals surface area contributed by atoms with Crippen LogP contribution in [0.3, 0.4) is 0 Å². The van der Waals surface area contributed by atoms with E-state index in [2.05, 4.69) is 63.6 Å². The van der Waals surface area contributed by atoms with Crippen LogP contribution in [0, 0.1) is 0 Å². The Morgan fingerprint density at radius 1 is 1.30 bits per heavy atom. The van der Waals surface area contributed by atoms with Crippen molar-refractivity contribution in [2.45, 2.75) is 32.2 Å². The zero-order valence-corrected chi connectivity index (χ0v) is 13.9. The Morgan fingerprint density at radius 3 is 2.70 bits per heavy atom. The van der Waals surface area contributed by atoms with Crippen molar-refractivity contribution in [1.82, 2.24) is 15.1 Å². The Morgan fingerprint density at radius 2 is 2.10 bits per heavy atom. The normalized spacial score (nSPS) is 12.6. The molecule has 1 aromatic carbocycles. The van der Waals surface area contributed by atoms with Gasteiger partial charge in [-0.15, -0.1) is 0 Å². The number of halogens is 1. The predicted molar refractivity (Wildman–Crippen MR) is 87.0 cm³/mol. The molecule has 1 atom stereocenters. The lowest BCUT2D eigenvalue weighted by Crippen LogP contribution is -2.30. The van der Waals surface area contributed by atoms with Gasteiger partial charge in [0.05, 0.1) is 5.69 Å². The number of aryl methyl sites for hydroxylation is 2. The highest BCUT2D eigenvalue weighted by molar-refractivity contribution is 9.10. The third kappa shape index (κ3) is 3.93. The second-order valence-electron chi connectivity index (χ2n) is 5.13. The van der Waals surface area contributed by atoms with Crippen LogP contribution in [0.2, 0.25) is 0 Å². The van der Waals surface area contributed by atoms with Crippen molar-refractivity contribution in [3.05, 3.63) is 51.8 Å². The summed E-state index contributed by atoms with van der Waals surface area (Å²) in [5, 5.41) is 7.94. The lowest BCUT2D eigenvalue weighted by Gasteiger charge is -2.16. The first kappa shape index (κ1) is 15.3. The molecule has 0 spiro atoms. The van der Waals surface area contributed by atoms with Gasteiger partial charge in [0.2, 0.25) is 0 Å². The molecule has 0 saturated heterocycles. The van der Waals surface area contributed by atoms with Crippen LogP contribution in [0.4, 0.5) is 0 Å². The van der Waals surface area contributed by atoms with Crippen LogP contribution in [0.25, 0.3) is 0 Å². The molecule has 0 aliphatic heterocycles. The summed E-state index contributed by atoms with van der Waals surface area (Å²) in [6.45, 7) is 2.14. The van der Waals surface area contributed by atoms with Crippen molar-refractivity contribution in [2.75, 3.05) is 7.05 Å². The molecule has 3 nitrogen and oxygen atoms in total. The van der Waals surface area contributed by atoms with Crippen LogP contribution < -0.4 is 5.32 Å². The van der Waals surface area contributed by atoms with E-state index < -0.39 is 0 Å². The minimum absolute atomic E-state index is 0.421. The SMILES string of the molecule is CCc1cc(CC(Cc2cccc(Br)c2)NC)n(C)n1. The maximum Gasteiger partial charge on any atom is 0.0624 e. The molecule has 0 bridgehead atoms. The Hall–Kier alpha value is -1.13. The number of hydrogen-bond acceptors (Lipinski definition) is 2. The van der Waals surface area contributed by atoms with E-state index in [-0.39, 0.29) is 0 Å². The topological polar surface area (TPSA) is 29.9 Å². The first-order valence-corrected chi connectivity index (χ1v) is 7.85.